The van der Waals surface area contributed by atoms with E-state index in [0.717, 1.165) is 16.5 Å². The topological polar surface area (TPSA) is 77.2 Å². The predicted molar refractivity (Wildman–Crippen MR) is 102 cm³/mol. The average Bonchev–Trinajstić information content (AvgIpc) is 3.22. The highest BCUT2D eigenvalue weighted by Crippen LogP contribution is 2.22. The Morgan fingerprint density at radius 1 is 1.04 bits per heavy atom. The quantitative estimate of drug-likeness (QED) is 0.531. The molecule has 1 N–H and O–H groups in total. The Bertz CT molecular complexity index is 1060. The zero-order chi connectivity index (χ0) is 18.5. The Kier molecular flexibility index (Phi) is 4.78. The number of hydrogen-bond donors (Lipinski definition) is 1. The van der Waals surface area contributed by atoms with Crippen molar-refractivity contribution in [1.82, 2.24) is 15.5 Å². The third kappa shape index (κ3) is 3.79. The SMILES string of the molecule is O=C(NCCOc1cccc2cccnc12)c1cc(-c2ccccc2)on1. The Balaban J connectivity index is 1.33. The van der Waals surface area contributed by atoms with E-state index in [-0.39, 0.29) is 11.6 Å². The number of fused-ring (bicyclic) bond motifs is 1. The minimum atomic E-state index is -0.305. The number of carbonyl (C=O) groups is 1. The van der Waals surface area contributed by atoms with E-state index in [2.05, 4.69) is 15.5 Å². The van der Waals surface area contributed by atoms with Gasteiger partial charge in [-0.15, -0.1) is 0 Å². The summed E-state index contributed by atoms with van der Waals surface area (Å²) in [4.78, 5) is 16.6. The van der Waals surface area contributed by atoms with Gasteiger partial charge in [0, 0.05) is 23.2 Å². The standard InChI is InChI=1S/C21H17N3O3/c25-21(17-14-19(27-24-17)15-6-2-1-3-7-15)23-12-13-26-18-10-4-8-16-9-5-11-22-20(16)18/h1-11,14H,12-13H2,(H,23,25). The third-order valence-corrected chi connectivity index (χ3v) is 4.04. The largest absolute Gasteiger partial charge is 0.489 e. The highest BCUT2D eigenvalue weighted by atomic mass is 16.5. The van der Waals surface area contributed by atoms with Crippen molar-refractivity contribution in [3.05, 3.63) is 78.6 Å². The number of nitrogens with zero attached hydrogens (tertiary/aromatic N) is 2. The third-order valence-electron chi connectivity index (χ3n) is 4.04. The first-order valence-electron chi connectivity index (χ1n) is 8.58. The zero-order valence-electron chi connectivity index (χ0n) is 14.5. The van der Waals surface area contributed by atoms with E-state index < -0.39 is 0 Å². The highest BCUT2D eigenvalue weighted by molar-refractivity contribution is 5.93. The van der Waals surface area contributed by atoms with E-state index in [1.807, 2.05) is 60.7 Å². The van der Waals surface area contributed by atoms with Gasteiger partial charge in [0.1, 0.15) is 17.9 Å². The predicted octanol–water partition coefficient (Wildman–Crippen LogP) is 3.70. The number of benzene rings is 2. The molecular formula is C21H17N3O3. The number of aromatic nitrogens is 2. The molecule has 0 saturated carbocycles. The Morgan fingerprint density at radius 2 is 1.89 bits per heavy atom. The molecule has 2 heterocycles. The second-order valence-electron chi connectivity index (χ2n) is 5.88. The van der Waals surface area contributed by atoms with Crippen molar-refractivity contribution in [3.63, 3.8) is 0 Å². The van der Waals surface area contributed by atoms with Gasteiger partial charge in [0.05, 0.1) is 6.54 Å². The molecule has 0 radical (unpaired) electrons. The monoisotopic (exact) mass is 359 g/mol. The molecule has 0 unspecified atom stereocenters. The summed E-state index contributed by atoms with van der Waals surface area (Å²) in [6, 6.07) is 20.8. The fourth-order valence-corrected chi connectivity index (χ4v) is 2.73. The summed E-state index contributed by atoms with van der Waals surface area (Å²) < 4.78 is 11.0. The lowest BCUT2D eigenvalue weighted by molar-refractivity contribution is 0.0938. The maximum atomic E-state index is 12.2. The molecule has 0 fully saturated rings. The Morgan fingerprint density at radius 3 is 2.78 bits per heavy atom. The molecule has 0 aliphatic carbocycles. The van der Waals surface area contributed by atoms with Crippen LogP contribution >= 0.6 is 0 Å². The fourth-order valence-electron chi connectivity index (χ4n) is 2.73. The first-order chi connectivity index (χ1) is 13.3. The van der Waals surface area contributed by atoms with Gasteiger partial charge in [-0.05, 0) is 12.1 Å². The van der Waals surface area contributed by atoms with Crippen molar-refractivity contribution in [2.75, 3.05) is 13.2 Å². The van der Waals surface area contributed by atoms with Crippen molar-refractivity contribution in [2.45, 2.75) is 0 Å². The summed E-state index contributed by atoms with van der Waals surface area (Å²) in [5, 5.41) is 7.62. The number of ether oxygens (including phenoxy) is 1. The molecular weight excluding hydrogens is 342 g/mol. The van der Waals surface area contributed by atoms with Gasteiger partial charge in [-0.25, -0.2) is 0 Å². The zero-order valence-corrected chi connectivity index (χ0v) is 14.5. The molecule has 4 aromatic rings. The van der Waals surface area contributed by atoms with E-state index in [0.29, 0.717) is 24.7 Å². The van der Waals surface area contributed by atoms with Crippen molar-refractivity contribution in [2.24, 2.45) is 0 Å². The Hall–Kier alpha value is -3.67. The molecule has 1 amide bonds. The highest BCUT2D eigenvalue weighted by Gasteiger charge is 2.13. The number of para-hydroxylation sites is 1. The van der Waals surface area contributed by atoms with E-state index in [1.54, 1.807) is 12.3 Å². The van der Waals surface area contributed by atoms with E-state index >= 15 is 0 Å². The van der Waals surface area contributed by atoms with Gasteiger partial charge in [0.25, 0.3) is 5.91 Å². The molecule has 134 valence electrons. The van der Waals surface area contributed by atoms with Crippen LogP contribution in [0.15, 0.2) is 77.4 Å². The van der Waals surface area contributed by atoms with Gasteiger partial charge in [-0.3, -0.25) is 9.78 Å². The minimum absolute atomic E-state index is 0.237. The number of carbonyl (C=O) groups excluding carboxylic acids is 1. The number of amides is 1. The van der Waals surface area contributed by atoms with Crippen molar-refractivity contribution in [1.29, 1.82) is 0 Å². The first-order valence-corrected chi connectivity index (χ1v) is 8.58. The minimum Gasteiger partial charge on any atom is -0.489 e. The molecule has 0 bridgehead atoms. The summed E-state index contributed by atoms with van der Waals surface area (Å²) in [5.74, 6) is 0.939. The smallest absolute Gasteiger partial charge is 0.273 e. The van der Waals surface area contributed by atoms with Gasteiger partial charge in [0.2, 0.25) is 0 Å². The van der Waals surface area contributed by atoms with Crippen LogP contribution < -0.4 is 10.1 Å². The first kappa shape index (κ1) is 16.8. The normalized spacial score (nSPS) is 10.7. The second-order valence-corrected chi connectivity index (χ2v) is 5.88. The van der Waals surface area contributed by atoms with Crippen LogP contribution in [0.2, 0.25) is 0 Å². The molecule has 0 spiro atoms. The van der Waals surface area contributed by atoms with Crippen LogP contribution in [0.25, 0.3) is 22.2 Å². The molecule has 0 saturated heterocycles. The number of rotatable bonds is 6. The number of nitrogens with one attached hydrogen (secondary N) is 1. The van der Waals surface area contributed by atoms with Gasteiger partial charge in [0.15, 0.2) is 11.5 Å². The summed E-state index contributed by atoms with van der Waals surface area (Å²) >= 11 is 0. The van der Waals surface area contributed by atoms with Gasteiger partial charge < -0.3 is 14.6 Å². The second kappa shape index (κ2) is 7.70. The lowest BCUT2D eigenvalue weighted by Crippen LogP contribution is -2.28. The van der Waals surface area contributed by atoms with Crippen LogP contribution in [0.3, 0.4) is 0 Å². The summed E-state index contributed by atoms with van der Waals surface area (Å²) in [5.41, 5.74) is 1.91. The van der Waals surface area contributed by atoms with E-state index in [9.17, 15) is 4.79 Å². The van der Waals surface area contributed by atoms with Crippen LogP contribution in [0, 0.1) is 0 Å². The van der Waals surface area contributed by atoms with Crippen LogP contribution in [0.1, 0.15) is 10.5 Å². The maximum absolute atomic E-state index is 12.2. The summed E-state index contributed by atoms with van der Waals surface area (Å²) in [6.07, 6.45) is 1.73. The lowest BCUT2D eigenvalue weighted by Gasteiger charge is -2.08. The molecule has 2 aromatic carbocycles. The molecule has 6 nitrogen and oxygen atoms in total. The van der Waals surface area contributed by atoms with Crippen LogP contribution in [-0.2, 0) is 0 Å². The van der Waals surface area contributed by atoms with Crippen molar-refractivity contribution in [3.8, 4) is 17.1 Å². The van der Waals surface area contributed by atoms with Crippen LogP contribution in [-0.4, -0.2) is 29.2 Å². The van der Waals surface area contributed by atoms with E-state index in [4.69, 9.17) is 9.26 Å². The van der Waals surface area contributed by atoms with Gasteiger partial charge in [-0.1, -0.05) is 53.7 Å². The summed E-state index contributed by atoms with van der Waals surface area (Å²) in [7, 11) is 0. The molecule has 27 heavy (non-hydrogen) atoms. The summed E-state index contributed by atoms with van der Waals surface area (Å²) in [6.45, 7) is 0.667. The fraction of sp³-hybridized carbons (Fsp3) is 0.0952. The average molecular weight is 359 g/mol. The number of pyridine rings is 1. The maximum Gasteiger partial charge on any atom is 0.273 e. The molecule has 0 aliphatic heterocycles. The van der Waals surface area contributed by atoms with Gasteiger partial charge >= 0.3 is 0 Å². The van der Waals surface area contributed by atoms with Crippen LogP contribution in [0.5, 0.6) is 5.75 Å². The molecule has 4 rings (SSSR count). The molecule has 6 heteroatoms. The van der Waals surface area contributed by atoms with E-state index in [1.165, 1.54) is 0 Å². The molecule has 0 atom stereocenters. The molecule has 2 aromatic heterocycles. The number of hydrogen-bond acceptors (Lipinski definition) is 5. The van der Waals surface area contributed by atoms with Crippen molar-refractivity contribution < 1.29 is 14.1 Å². The lowest BCUT2D eigenvalue weighted by atomic mass is 10.1. The van der Waals surface area contributed by atoms with Crippen molar-refractivity contribution >= 4 is 16.8 Å². The molecule has 0 aliphatic rings. The van der Waals surface area contributed by atoms with Crippen LogP contribution in [0.4, 0.5) is 0 Å². The van der Waals surface area contributed by atoms with Gasteiger partial charge in [-0.2, -0.15) is 0 Å². The Labute approximate surface area is 155 Å².